The molecule has 0 unspecified atom stereocenters. The third-order valence-corrected chi connectivity index (χ3v) is 6.88. The van der Waals surface area contributed by atoms with Gasteiger partial charge in [-0.15, -0.1) is 0 Å². The van der Waals surface area contributed by atoms with E-state index in [1.807, 2.05) is 41.9 Å². The number of aryl methyl sites for hydroxylation is 1. The summed E-state index contributed by atoms with van der Waals surface area (Å²) in [7, 11) is 0. The van der Waals surface area contributed by atoms with E-state index >= 15 is 0 Å². The molecule has 0 radical (unpaired) electrons. The molecule has 1 aromatic heterocycles. The number of rotatable bonds is 6. The lowest BCUT2D eigenvalue weighted by Crippen LogP contribution is -2.39. The van der Waals surface area contributed by atoms with E-state index in [2.05, 4.69) is 56.4 Å². The first-order valence-electron chi connectivity index (χ1n) is 12.3. The maximum atomic E-state index is 13.5. The largest absolute Gasteiger partial charge is 0.494 e. The van der Waals surface area contributed by atoms with Gasteiger partial charge in [0.1, 0.15) is 17.4 Å². The number of allylic oxidation sites excluding steroid dienone is 2. The van der Waals surface area contributed by atoms with Gasteiger partial charge in [-0.2, -0.15) is 5.10 Å². The van der Waals surface area contributed by atoms with Crippen LogP contribution in [0.15, 0.2) is 66.4 Å². The number of nitrogens with one attached hydrogen (secondary N) is 1. The van der Waals surface area contributed by atoms with Gasteiger partial charge < -0.3 is 10.1 Å². The van der Waals surface area contributed by atoms with Gasteiger partial charge in [0.15, 0.2) is 0 Å². The highest BCUT2D eigenvalue weighted by molar-refractivity contribution is 5.90. The second kappa shape index (κ2) is 8.79. The highest BCUT2D eigenvalue weighted by Crippen LogP contribution is 2.50. The fourth-order valence-corrected chi connectivity index (χ4v) is 5.33. The molecule has 0 fully saturated rings. The zero-order chi connectivity index (χ0) is 23.9. The molecule has 2 aliphatic rings. The van der Waals surface area contributed by atoms with E-state index in [1.54, 1.807) is 0 Å². The number of ether oxygens (including phenoxy) is 1. The lowest BCUT2D eigenvalue weighted by molar-refractivity contribution is -0.124. The molecule has 1 N–H and O–H groups in total. The molecule has 5 nitrogen and oxygen atoms in total. The van der Waals surface area contributed by atoms with Crippen LogP contribution in [0.4, 0.5) is 5.82 Å². The lowest BCUT2D eigenvalue weighted by atomic mass is 9.67. The first-order valence-corrected chi connectivity index (χ1v) is 12.3. The molecule has 5 rings (SSSR count). The summed E-state index contributed by atoms with van der Waals surface area (Å²) in [6.45, 7) is 9.18. The van der Waals surface area contributed by atoms with Gasteiger partial charge >= 0.3 is 0 Å². The van der Waals surface area contributed by atoms with Crippen molar-refractivity contribution in [1.29, 1.82) is 0 Å². The lowest BCUT2D eigenvalue weighted by Gasteiger charge is -2.40. The van der Waals surface area contributed by atoms with Gasteiger partial charge in [0.2, 0.25) is 0 Å². The third-order valence-electron chi connectivity index (χ3n) is 6.88. The van der Waals surface area contributed by atoms with Crippen LogP contribution in [-0.2, 0) is 4.79 Å². The van der Waals surface area contributed by atoms with Crippen LogP contribution in [0.2, 0.25) is 0 Å². The normalized spacial score (nSPS) is 20.7. The summed E-state index contributed by atoms with van der Waals surface area (Å²) < 4.78 is 7.87. The van der Waals surface area contributed by atoms with Crippen molar-refractivity contribution in [2.75, 3.05) is 11.9 Å². The Labute approximate surface area is 201 Å². The fourth-order valence-electron chi connectivity index (χ4n) is 5.33. The Bertz CT molecular complexity index is 1220. The number of unbranched alkanes of at least 4 members (excludes halogenated alkanes) is 1. The van der Waals surface area contributed by atoms with Crippen LogP contribution in [0.3, 0.4) is 0 Å². The molecule has 0 amide bonds. The summed E-state index contributed by atoms with van der Waals surface area (Å²) in [5, 5.41) is 8.55. The molecular formula is C29H33N3O2. The first kappa shape index (κ1) is 22.5. The Morgan fingerprint density at radius 3 is 2.53 bits per heavy atom. The zero-order valence-corrected chi connectivity index (χ0v) is 20.5. The molecule has 3 aromatic rings. The number of Topliss-reactive ketones (excluding diaryl/α,β-unsaturated/α-hetero) is 1. The number of hydrogen-bond acceptors (Lipinski definition) is 4. The van der Waals surface area contributed by atoms with E-state index in [4.69, 9.17) is 9.84 Å². The summed E-state index contributed by atoms with van der Waals surface area (Å²) in [6.07, 6.45) is 4.93. The van der Waals surface area contributed by atoms with Crippen LogP contribution < -0.4 is 10.1 Å². The van der Waals surface area contributed by atoms with Gasteiger partial charge in [-0.05, 0) is 48.6 Å². The molecule has 2 aromatic carbocycles. The molecule has 2 atom stereocenters. The van der Waals surface area contributed by atoms with Gasteiger partial charge in [-0.3, -0.25) is 4.79 Å². The number of fused-ring (bicyclic) bond motifs is 2. The molecule has 5 heteroatoms. The standard InChI is InChI=1S/C29H33N3O2/c1-5-6-16-34-22-14-12-20(13-15-22)26-25-19(2)31-32(21-10-8-7-9-11-21)28(25)30-23-17-29(3,4)18-24(33)27(23)26/h7-15,17,26-27,30H,5-6,16,18H2,1-4H3/t26-,27-/m0/s1. The van der Waals surface area contributed by atoms with Crippen LogP contribution in [0.1, 0.15) is 62.8 Å². The summed E-state index contributed by atoms with van der Waals surface area (Å²) in [4.78, 5) is 13.5. The molecule has 2 heterocycles. The third kappa shape index (κ3) is 4.04. The highest BCUT2D eigenvalue weighted by atomic mass is 16.5. The molecule has 0 bridgehead atoms. The quantitative estimate of drug-likeness (QED) is 0.436. The minimum absolute atomic E-state index is 0.0896. The number of carbonyl (C=O) groups excluding carboxylic acids is 1. The highest BCUT2D eigenvalue weighted by Gasteiger charge is 2.46. The minimum Gasteiger partial charge on any atom is -0.494 e. The Hall–Kier alpha value is -3.34. The Kier molecular flexibility index (Phi) is 5.80. The molecule has 0 saturated carbocycles. The van der Waals surface area contributed by atoms with Crippen molar-refractivity contribution in [1.82, 2.24) is 9.78 Å². The number of carbonyl (C=O) groups is 1. The maximum Gasteiger partial charge on any atom is 0.143 e. The fraction of sp³-hybridized carbons (Fsp3) is 0.379. The topological polar surface area (TPSA) is 56.1 Å². The molecule has 34 heavy (non-hydrogen) atoms. The second-order valence-corrected chi connectivity index (χ2v) is 10.2. The van der Waals surface area contributed by atoms with E-state index in [0.717, 1.165) is 59.2 Å². The average molecular weight is 456 g/mol. The van der Waals surface area contributed by atoms with E-state index in [9.17, 15) is 4.79 Å². The van der Waals surface area contributed by atoms with Gasteiger partial charge in [0.05, 0.1) is 23.9 Å². The van der Waals surface area contributed by atoms with Gasteiger partial charge in [-0.25, -0.2) is 4.68 Å². The van der Waals surface area contributed by atoms with E-state index in [-0.39, 0.29) is 23.0 Å². The molecule has 176 valence electrons. The van der Waals surface area contributed by atoms with Crippen molar-refractivity contribution in [3.8, 4) is 11.4 Å². The summed E-state index contributed by atoms with van der Waals surface area (Å²) in [5.41, 5.74) is 4.96. The summed E-state index contributed by atoms with van der Waals surface area (Å²) in [5.74, 6) is 1.77. The van der Waals surface area contributed by atoms with Crippen LogP contribution in [-0.4, -0.2) is 22.2 Å². The zero-order valence-electron chi connectivity index (χ0n) is 20.5. The van der Waals surface area contributed by atoms with Crippen LogP contribution >= 0.6 is 0 Å². The van der Waals surface area contributed by atoms with Crippen LogP contribution in [0.25, 0.3) is 5.69 Å². The predicted molar refractivity (Wildman–Crippen MR) is 136 cm³/mol. The van der Waals surface area contributed by atoms with Crippen molar-refractivity contribution in [3.63, 3.8) is 0 Å². The van der Waals surface area contributed by atoms with Crippen molar-refractivity contribution in [2.45, 2.75) is 52.9 Å². The molecule has 1 aliphatic heterocycles. The predicted octanol–water partition coefficient (Wildman–Crippen LogP) is 6.42. The first-order chi connectivity index (χ1) is 16.4. The SMILES string of the molecule is CCCCOc1ccc([C@H]2c3c(C)nn(-c4ccccc4)c3NC3=CC(C)(C)CC(=O)[C@H]32)cc1. The Morgan fingerprint density at radius 2 is 1.82 bits per heavy atom. The van der Waals surface area contributed by atoms with Crippen molar-refractivity contribution in [2.24, 2.45) is 11.3 Å². The number of benzene rings is 2. The minimum atomic E-state index is -0.237. The number of aromatic nitrogens is 2. The van der Waals surface area contributed by atoms with Gasteiger partial charge in [-0.1, -0.05) is 63.6 Å². The number of hydrogen-bond donors (Lipinski definition) is 1. The molecule has 0 saturated heterocycles. The summed E-state index contributed by atoms with van der Waals surface area (Å²) in [6, 6.07) is 18.5. The van der Waals surface area contributed by atoms with Crippen molar-refractivity contribution < 1.29 is 9.53 Å². The van der Waals surface area contributed by atoms with Crippen LogP contribution in [0, 0.1) is 18.3 Å². The molecular weight excluding hydrogens is 422 g/mol. The molecule has 0 spiro atoms. The Balaban J connectivity index is 1.63. The van der Waals surface area contributed by atoms with Crippen molar-refractivity contribution >= 4 is 11.6 Å². The number of ketones is 1. The number of anilines is 1. The number of nitrogens with zero attached hydrogens (tertiary/aromatic N) is 2. The number of para-hydroxylation sites is 1. The van der Waals surface area contributed by atoms with Crippen LogP contribution in [0.5, 0.6) is 5.75 Å². The van der Waals surface area contributed by atoms with E-state index in [1.165, 1.54) is 0 Å². The average Bonchev–Trinajstić information content (AvgIpc) is 3.14. The van der Waals surface area contributed by atoms with Crippen molar-refractivity contribution in [3.05, 3.63) is 83.2 Å². The second-order valence-electron chi connectivity index (χ2n) is 10.2. The molecule has 1 aliphatic carbocycles. The maximum absolute atomic E-state index is 13.5. The Morgan fingerprint density at radius 1 is 1.09 bits per heavy atom. The smallest absolute Gasteiger partial charge is 0.143 e. The van der Waals surface area contributed by atoms with Gasteiger partial charge in [0.25, 0.3) is 0 Å². The monoisotopic (exact) mass is 455 g/mol. The summed E-state index contributed by atoms with van der Waals surface area (Å²) >= 11 is 0. The van der Waals surface area contributed by atoms with E-state index in [0.29, 0.717) is 6.42 Å². The van der Waals surface area contributed by atoms with E-state index < -0.39 is 0 Å². The van der Waals surface area contributed by atoms with Gasteiger partial charge in [0, 0.05) is 23.6 Å².